The van der Waals surface area contributed by atoms with Gasteiger partial charge in [0.15, 0.2) is 0 Å². The maximum atomic E-state index is 2.67. The largest absolute Gasteiger partial charge is 0.0819 e. The van der Waals surface area contributed by atoms with Gasteiger partial charge in [-0.3, -0.25) is 0 Å². The van der Waals surface area contributed by atoms with Crippen LogP contribution >= 0.6 is 0 Å². The number of allylic oxidation sites excluding steroid dienone is 2. The lowest BCUT2D eigenvalue weighted by atomic mass is 9.92. The Morgan fingerprint density at radius 1 is 1.06 bits per heavy atom. The lowest BCUT2D eigenvalue weighted by Crippen LogP contribution is -2.01. The van der Waals surface area contributed by atoms with Crippen LogP contribution < -0.4 is 0 Å². The summed E-state index contributed by atoms with van der Waals surface area (Å²) in [7, 11) is 0. The Balaban J connectivity index is 2.42. The average molecular weight is 250 g/mol. The Morgan fingerprint density at radius 2 is 1.78 bits per heavy atom. The summed E-state index contributed by atoms with van der Waals surface area (Å²) in [6.07, 6.45) is 15.1. The van der Waals surface area contributed by atoms with Gasteiger partial charge in [-0.15, -0.1) is 0 Å². The summed E-state index contributed by atoms with van der Waals surface area (Å²) in [5, 5.41) is 0. The molecule has 1 rings (SSSR count). The van der Waals surface area contributed by atoms with Crippen molar-refractivity contribution in [3.63, 3.8) is 0 Å². The highest BCUT2D eigenvalue weighted by Crippen LogP contribution is 2.46. The molecule has 0 heteroatoms. The Hall–Kier alpha value is -0.260. The molecule has 0 aromatic carbocycles. The van der Waals surface area contributed by atoms with Gasteiger partial charge in [0.25, 0.3) is 0 Å². The van der Waals surface area contributed by atoms with E-state index in [4.69, 9.17) is 0 Å². The van der Waals surface area contributed by atoms with Crippen LogP contribution in [-0.2, 0) is 0 Å². The second kappa shape index (κ2) is 8.77. The molecule has 3 unspecified atom stereocenters. The molecule has 0 aromatic rings. The number of unbranched alkanes of at least 4 members (excludes halogenated alkanes) is 3. The van der Waals surface area contributed by atoms with Crippen molar-refractivity contribution in [1.29, 1.82) is 0 Å². The minimum absolute atomic E-state index is 0.882. The third-order valence-electron chi connectivity index (χ3n) is 4.57. The Bertz CT molecular complexity index is 238. The first-order valence-electron chi connectivity index (χ1n) is 8.42. The third-order valence-corrected chi connectivity index (χ3v) is 4.57. The van der Waals surface area contributed by atoms with Crippen LogP contribution in [0, 0.1) is 17.8 Å². The van der Waals surface area contributed by atoms with Crippen molar-refractivity contribution in [2.24, 2.45) is 17.8 Å². The van der Waals surface area contributed by atoms with Crippen LogP contribution in [0.3, 0.4) is 0 Å². The molecule has 106 valence electrons. The van der Waals surface area contributed by atoms with Gasteiger partial charge in [0.05, 0.1) is 0 Å². The van der Waals surface area contributed by atoms with Crippen LogP contribution in [0.25, 0.3) is 0 Å². The number of rotatable bonds is 10. The highest BCUT2D eigenvalue weighted by Gasteiger charge is 2.37. The zero-order chi connectivity index (χ0) is 13.4. The molecule has 0 aromatic heterocycles. The predicted molar refractivity (Wildman–Crippen MR) is 82.8 cm³/mol. The third kappa shape index (κ3) is 5.59. The molecule has 0 nitrogen and oxygen atoms in total. The minimum atomic E-state index is 0.882. The lowest BCUT2D eigenvalue weighted by molar-refractivity contribution is 0.513. The van der Waals surface area contributed by atoms with Gasteiger partial charge in [-0.05, 0) is 49.9 Å². The fraction of sp³-hybridized carbons (Fsp3) is 0.889. The van der Waals surface area contributed by atoms with Crippen LogP contribution in [-0.4, -0.2) is 0 Å². The maximum absolute atomic E-state index is 2.67. The molecule has 1 saturated carbocycles. The molecule has 0 saturated heterocycles. The Morgan fingerprint density at radius 3 is 2.28 bits per heavy atom. The van der Waals surface area contributed by atoms with E-state index in [9.17, 15) is 0 Å². The lowest BCUT2D eigenvalue weighted by Gasteiger charge is -2.14. The summed E-state index contributed by atoms with van der Waals surface area (Å²) in [5.74, 6) is 2.89. The van der Waals surface area contributed by atoms with Crippen molar-refractivity contribution in [2.45, 2.75) is 85.5 Å². The molecule has 3 atom stereocenters. The molecular formula is C18H34. The Kier molecular flexibility index (Phi) is 7.70. The second-order valence-electron chi connectivity index (χ2n) is 6.33. The van der Waals surface area contributed by atoms with Gasteiger partial charge in [0.2, 0.25) is 0 Å². The standard InChI is InChI=1S/C18H34/c1-5-8-9-10-12-16(11-6-2)14-17(7-3)18-13-15(18)4/h14-15,17-18H,5-13H2,1-4H3. The molecule has 0 amide bonds. The molecular weight excluding hydrogens is 216 g/mol. The van der Waals surface area contributed by atoms with Crippen LogP contribution in [0.5, 0.6) is 0 Å². The summed E-state index contributed by atoms with van der Waals surface area (Å²) in [4.78, 5) is 0. The first-order chi connectivity index (χ1) is 8.72. The van der Waals surface area contributed by atoms with Crippen molar-refractivity contribution >= 4 is 0 Å². The second-order valence-corrected chi connectivity index (χ2v) is 6.33. The van der Waals surface area contributed by atoms with Gasteiger partial charge in [-0.25, -0.2) is 0 Å². The molecule has 0 N–H and O–H groups in total. The SMILES string of the molecule is CCCCCCC(=CC(CC)C1CC1C)CCC. The average Bonchev–Trinajstić information content (AvgIpc) is 3.08. The molecule has 18 heavy (non-hydrogen) atoms. The molecule has 1 aliphatic carbocycles. The zero-order valence-electron chi connectivity index (χ0n) is 13.2. The Labute approximate surface area is 115 Å². The van der Waals surface area contributed by atoms with Crippen molar-refractivity contribution in [1.82, 2.24) is 0 Å². The summed E-state index contributed by atoms with van der Waals surface area (Å²) in [6, 6.07) is 0. The van der Waals surface area contributed by atoms with E-state index >= 15 is 0 Å². The van der Waals surface area contributed by atoms with Gasteiger partial charge in [0, 0.05) is 0 Å². The molecule has 0 heterocycles. The van der Waals surface area contributed by atoms with E-state index in [1.807, 2.05) is 0 Å². The van der Waals surface area contributed by atoms with Crippen molar-refractivity contribution in [3.05, 3.63) is 11.6 Å². The van der Waals surface area contributed by atoms with Crippen molar-refractivity contribution < 1.29 is 0 Å². The molecule has 0 aliphatic heterocycles. The van der Waals surface area contributed by atoms with Crippen LogP contribution in [0.2, 0.25) is 0 Å². The van der Waals surface area contributed by atoms with Gasteiger partial charge >= 0.3 is 0 Å². The highest BCUT2D eigenvalue weighted by molar-refractivity contribution is 5.08. The summed E-state index contributed by atoms with van der Waals surface area (Å²) in [6.45, 7) is 9.40. The predicted octanol–water partition coefficient (Wildman–Crippen LogP) is 6.37. The first-order valence-corrected chi connectivity index (χ1v) is 8.42. The fourth-order valence-corrected chi connectivity index (χ4v) is 3.19. The van der Waals surface area contributed by atoms with E-state index in [0.29, 0.717) is 0 Å². The van der Waals surface area contributed by atoms with Crippen LogP contribution in [0.4, 0.5) is 0 Å². The van der Waals surface area contributed by atoms with E-state index < -0.39 is 0 Å². The molecule has 0 spiro atoms. The van der Waals surface area contributed by atoms with Gasteiger partial charge in [-0.2, -0.15) is 0 Å². The fourth-order valence-electron chi connectivity index (χ4n) is 3.19. The van der Waals surface area contributed by atoms with Crippen molar-refractivity contribution in [2.75, 3.05) is 0 Å². The van der Waals surface area contributed by atoms with Crippen LogP contribution in [0.1, 0.15) is 85.5 Å². The van der Waals surface area contributed by atoms with Gasteiger partial charge in [0.1, 0.15) is 0 Å². The summed E-state index contributed by atoms with van der Waals surface area (Å²) >= 11 is 0. The van der Waals surface area contributed by atoms with Gasteiger partial charge in [-0.1, -0.05) is 65.0 Å². The zero-order valence-corrected chi connectivity index (χ0v) is 13.2. The molecule has 1 fully saturated rings. The van der Waals surface area contributed by atoms with Crippen molar-refractivity contribution in [3.8, 4) is 0 Å². The normalized spacial score (nSPS) is 25.2. The molecule has 0 bridgehead atoms. The summed E-state index contributed by atoms with van der Waals surface area (Å²) < 4.78 is 0. The smallest absolute Gasteiger partial charge is 0.0202 e. The number of hydrogen-bond donors (Lipinski definition) is 0. The van der Waals surface area contributed by atoms with E-state index in [0.717, 1.165) is 17.8 Å². The highest BCUT2D eigenvalue weighted by atomic mass is 14.4. The van der Waals surface area contributed by atoms with Crippen LogP contribution in [0.15, 0.2) is 11.6 Å². The topological polar surface area (TPSA) is 0 Å². The van der Waals surface area contributed by atoms with E-state index in [-0.39, 0.29) is 0 Å². The minimum Gasteiger partial charge on any atom is -0.0819 e. The van der Waals surface area contributed by atoms with Gasteiger partial charge < -0.3 is 0 Å². The van der Waals surface area contributed by atoms with E-state index in [1.54, 1.807) is 5.57 Å². The number of hydrogen-bond acceptors (Lipinski definition) is 0. The monoisotopic (exact) mass is 250 g/mol. The first kappa shape index (κ1) is 15.8. The maximum Gasteiger partial charge on any atom is -0.0202 e. The summed E-state index contributed by atoms with van der Waals surface area (Å²) in [5.41, 5.74) is 1.76. The molecule has 0 radical (unpaired) electrons. The van der Waals surface area contributed by atoms with E-state index in [2.05, 4.69) is 33.8 Å². The quantitative estimate of drug-likeness (QED) is 0.312. The molecule has 1 aliphatic rings. The van der Waals surface area contributed by atoms with E-state index in [1.165, 1.54) is 57.8 Å².